The number of hydrogen-bond acceptors (Lipinski definition) is 5. The van der Waals surface area contributed by atoms with E-state index < -0.39 is 5.41 Å². The molecule has 0 aromatic heterocycles. The van der Waals surface area contributed by atoms with Crippen LogP contribution in [0.5, 0.6) is 0 Å². The summed E-state index contributed by atoms with van der Waals surface area (Å²) in [5.41, 5.74) is 12.6. The van der Waals surface area contributed by atoms with Crippen LogP contribution in [-0.2, 0) is 20.7 Å². The molecule has 0 bridgehead atoms. The third kappa shape index (κ3) is 1.64. The number of anilines is 2. The average molecular weight is 261 g/mol. The Bertz CT molecular complexity index is 561. The highest BCUT2D eigenvalue weighted by molar-refractivity contribution is 6.21. The lowest BCUT2D eigenvalue weighted by molar-refractivity contribution is -0.157. The molecule has 1 aromatic rings. The second-order valence-corrected chi connectivity index (χ2v) is 5.08. The molecule has 1 fully saturated rings. The zero-order valence-electron chi connectivity index (χ0n) is 10.4. The van der Waals surface area contributed by atoms with Crippen molar-refractivity contribution in [2.45, 2.75) is 6.42 Å². The average Bonchev–Trinajstić information content (AvgIpc) is 2.63. The Kier molecular flexibility index (Phi) is 2.58. The highest BCUT2D eigenvalue weighted by atomic mass is 16.5. The van der Waals surface area contributed by atoms with Crippen molar-refractivity contribution in [3.8, 4) is 0 Å². The lowest BCUT2D eigenvalue weighted by Crippen LogP contribution is -2.59. The van der Waals surface area contributed by atoms with Crippen LogP contribution in [0.1, 0.15) is 5.56 Å². The predicted octanol–water partition coefficient (Wildman–Crippen LogP) is -0.340. The molecular weight excluding hydrogens is 246 g/mol. The van der Waals surface area contributed by atoms with E-state index >= 15 is 0 Å². The fourth-order valence-corrected chi connectivity index (χ4v) is 2.48. The van der Waals surface area contributed by atoms with Crippen LogP contribution in [0.3, 0.4) is 0 Å². The number of carbonyl (C=O) groups is 2. The van der Waals surface area contributed by atoms with Gasteiger partial charge in [0.25, 0.3) is 0 Å². The Morgan fingerprint density at radius 3 is 2.74 bits per heavy atom. The van der Waals surface area contributed by atoms with Crippen molar-refractivity contribution >= 4 is 23.2 Å². The first-order valence-electron chi connectivity index (χ1n) is 6.11. The molecule has 0 radical (unpaired) electrons. The summed E-state index contributed by atoms with van der Waals surface area (Å²) in [4.78, 5) is 25.8. The summed E-state index contributed by atoms with van der Waals surface area (Å²) in [5, 5.41) is 0. The van der Waals surface area contributed by atoms with Gasteiger partial charge in [-0.3, -0.25) is 9.59 Å². The molecule has 0 unspecified atom stereocenters. The standard InChI is InChI=1S/C13H15N3O3/c14-5-13(6-19-7-13)12(18)16-10-2-1-9(15)3-8(10)4-11(16)17/h1-3H,4-7,14-15H2. The smallest absolute Gasteiger partial charge is 0.245 e. The topological polar surface area (TPSA) is 98.7 Å². The summed E-state index contributed by atoms with van der Waals surface area (Å²) in [6.07, 6.45) is 0.202. The minimum absolute atomic E-state index is 0.180. The Morgan fingerprint density at radius 2 is 2.16 bits per heavy atom. The molecule has 6 heteroatoms. The molecule has 2 amide bonds. The molecule has 3 rings (SSSR count). The van der Waals surface area contributed by atoms with Crippen LogP contribution in [0.4, 0.5) is 11.4 Å². The van der Waals surface area contributed by atoms with Crippen LogP contribution in [0.15, 0.2) is 18.2 Å². The second-order valence-electron chi connectivity index (χ2n) is 5.08. The molecule has 0 atom stereocenters. The number of benzene rings is 1. The van der Waals surface area contributed by atoms with E-state index in [2.05, 4.69) is 0 Å². The summed E-state index contributed by atoms with van der Waals surface area (Å²) in [5.74, 6) is -0.500. The van der Waals surface area contributed by atoms with Crippen LogP contribution in [0.2, 0.25) is 0 Å². The number of nitrogens with two attached hydrogens (primary N) is 2. The zero-order valence-corrected chi connectivity index (χ0v) is 10.4. The van der Waals surface area contributed by atoms with E-state index in [1.54, 1.807) is 18.2 Å². The predicted molar refractivity (Wildman–Crippen MR) is 69.4 cm³/mol. The summed E-state index contributed by atoms with van der Waals surface area (Å²) >= 11 is 0. The molecule has 1 saturated heterocycles. The van der Waals surface area contributed by atoms with E-state index in [9.17, 15) is 9.59 Å². The molecule has 100 valence electrons. The van der Waals surface area contributed by atoms with Crippen molar-refractivity contribution in [3.63, 3.8) is 0 Å². The van der Waals surface area contributed by atoms with Crippen molar-refractivity contribution in [3.05, 3.63) is 23.8 Å². The largest absolute Gasteiger partial charge is 0.399 e. The quantitative estimate of drug-likeness (QED) is 0.560. The molecule has 0 spiro atoms. The van der Waals surface area contributed by atoms with Gasteiger partial charge in [-0.05, 0) is 23.8 Å². The number of fused-ring (bicyclic) bond motifs is 1. The van der Waals surface area contributed by atoms with E-state index in [-0.39, 0.29) is 38.0 Å². The number of imide groups is 1. The van der Waals surface area contributed by atoms with Crippen molar-refractivity contribution in [2.24, 2.45) is 11.1 Å². The molecule has 2 heterocycles. The lowest BCUT2D eigenvalue weighted by Gasteiger charge is -2.40. The molecule has 4 N–H and O–H groups in total. The van der Waals surface area contributed by atoms with Gasteiger partial charge in [-0.25, -0.2) is 4.90 Å². The molecule has 19 heavy (non-hydrogen) atoms. The number of carbonyl (C=O) groups excluding carboxylic acids is 2. The summed E-state index contributed by atoms with van der Waals surface area (Å²) in [6.45, 7) is 0.729. The van der Waals surface area contributed by atoms with Gasteiger partial charge in [-0.1, -0.05) is 0 Å². The maximum Gasteiger partial charge on any atom is 0.245 e. The van der Waals surface area contributed by atoms with Crippen LogP contribution in [0.25, 0.3) is 0 Å². The van der Waals surface area contributed by atoms with Crippen molar-refractivity contribution in [1.82, 2.24) is 0 Å². The van der Waals surface area contributed by atoms with Gasteiger partial charge in [-0.15, -0.1) is 0 Å². The minimum atomic E-state index is -0.751. The number of ether oxygens (including phenoxy) is 1. The highest BCUT2D eigenvalue weighted by Crippen LogP contribution is 2.36. The normalized spacial score (nSPS) is 20.1. The van der Waals surface area contributed by atoms with Crippen LogP contribution >= 0.6 is 0 Å². The van der Waals surface area contributed by atoms with Gasteiger partial charge in [0.1, 0.15) is 5.41 Å². The third-order valence-corrected chi connectivity index (χ3v) is 3.74. The van der Waals surface area contributed by atoms with E-state index in [1.165, 1.54) is 4.90 Å². The first-order chi connectivity index (χ1) is 9.07. The Morgan fingerprint density at radius 1 is 1.42 bits per heavy atom. The number of nitrogens with zero attached hydrogens (tertiary/aromatic N) is 1. The van der Waals surface area contributed by atoms with E-state index in [4.69, 9.17) is 16.2 Å². The van der Waals surface area contributed by atoms with Gasteiger partial charge >= 0.3 is 0 Å². The highest BCUT2D eigenvalue weighted by Gasteiger charge is 2.50. The van der Waals surface area contributed by atoms with Crippen LogP contribution in [-0.4, -0.2) is 31.6 Å². The van der Waals surface area contributed by atoms with Gasteiger partial charge in [0, 0.05) is 12.2 Å². The van der Waals surface area contributed by atoms with Crippen molar-refractivity contribution in [1.29, 1.82) is 0 Å². The zero-order chi connectivity index (χ0) is 13.6. The monoisotopic (exact) mass is 261 g/mol. The van der Waals surface area contributed by atoms with Crippen LogP contribution in [0, 0.1) is 5.41 Å². The first-order valence-corrected chi connectivity index (χ1v) is 6.11. The fraction of sp³-hybridized carbons (Fsp3) is 0.385. The van der Waals surface area contributed by atoms with Crippen molar-refractivity contribution < 1.29 is 14.3 Å². The summed E-state index contributed by atoms with van der Waals surface area (Å²) in [6, 6.07) is 5.12. The van der Waals surface area contributed by atoms with E-state index in [0.29, 0.717) is 11.4 Å². The van der Waals surface area contributed by atoms with Crippen LogP contribution < -0.4 is 16.4 Å². The second kappa shape index (κ2) is 4.04. The fourth-order valence-electron chi connectivity index (χ4n) is 2.48. The van der Waals surface area contributed by atoms with Gasteiger partial charge in [0.15, 0.2) is 0 Å². The number of hydrogen-bond donors (Lipinski definition) is 2. The molecule has 0 saturated carbocycles. The van der Waals surface area contributed by atoms with Gasteiger partial charge in [0.05, 0.1) is 25.3 Å². The maximum atomic E-state index is 12.6. The van der Waals surface area contributed by atoms with Gasteiger partial charge < -0.3 is 16.2 Å². The lowest BCUT2D eigenvalue weighted by atomic mass is 9.84. The molecule has 1 aromatic carbocycles. The molecule has 0 aliphatic carbocycles. The Balaban J connectivity index is 1.98. The van der Waals surface area contributed by atoms with Gasteiger partial charge in [0.2, 0.25) is 11.8 Å². The first kappa shape index (κ1) is 12.1. The molecule has 6 nitrogen and oxygen atoms in total. The third-order valence-electron chi connectivity index (χ3n) is 3.74. The minimum Gasteiger partial charge on any atom is -0.399 e. The Labute approximate surface area is 110 Å². The van der Waals surface area contributed by atoms with Crippen molar-refractivity contribution in [2.75, 3.05) is 30.4 Å². The molecule has 2 aliphatic rings. The number of amides is 2. The summed E-state index contributed by atoms with van der Waals surface area (Å²) < 4.78 is 5.09. The maximum absolute atomic E-state index is 12.6. The number of nitrogen functional groups attached to an aromatic ring is 1. The molecular formula is C13H15N3O3. The molecule has 2 aliphatic heterocycles. The van der Waals surface area contributed by atoms with Gasteiger partial charge in [-0.2, -0.15) is 0 Å². The van der Waals surface area contributed by atoms with E-state index in [0.717, 1.165) is 5.56 Å². The number of rotatable bonds is 2. The van der Waals surface area contributed by atoms with E-state index in [1.807, 2.05) is 0 Å². The Hall–Kier alpha value is -1.92. The SMILES string of the molecule is NCC1(C(=O)N2C(=O)Cc3cc(N)ccc32)COC1. The summed E-state index contributed by atoms with van der Waals surface area (Å²) in [7, 11) is 0.